The fourth-order valence-electron chi connectivity index (χ4n) is 1.45. The molecule has 3 nitrogen and oxygen atoms in total. The van der Waals surface area contributed by atoms with Crippen molar-refractivity contribution >= 4 is 5.97 Å². The molecule has 1 aromatic rings. The smallest absolute Gasteiger partial charge is 0.303 e. The van der Waals surface area contributed by atoms with Crippen molar-refractivity contribution in [2.75, 3.05) is 0 Å². The maximum atomic E-state index is 10.4. The first-order chi connectivity index (χ1) is 6.61. The highest BCUT2D eigenvalue weighted by molar-refractivity contribution is 5.67. The molecule has 0 saturated heterocycles. The zero-order valence-electron chi connectivity index (χ0n) is 8.23. The van der Waals surface area contributed by atoms with Crippen molar-refractivity contribution in [2.24, 2.45) is 5.73 Å². The molecule has 1 atom stereocenters. The summed E-state index contributed by atoms with van der Waals surface area (Å²) in [6.07, 6.45) is 0.705. The molecule has 0 heterocycles. The zero-order valence-corrected chi connectivity index (χ0v) is 8.23. The number of hydrogen-bond donors (Lipinski definition) is 2. The van der Waals surface area contributed by atoms with Crippen molar-refractivity contribution in [2.45, 2.75) is 25.8 Å². The van der Waals surface area contributed by atoms with E-state index in [1.807, 2.05) is 31.2 Å². The molecule has 1 unspecified atom stereocenters. The molecule has 14 heavy (non-hydrogen) atoms. The van der Waals surface area contributed by atoms with Gasteiger partial charge >= 0.3 is 5.97 Å². The van der Waals surface area contributed by atoms with E-state index in [0.29, 0.717) is 6.42 Å². The molecule has 0 spiro atoms. The number of nitrogens with two attached hydrogens (primary N) is 1. The molecular weight excluding hydrogens is 178 g/mol. The molecule has 0 amide bonds. The van der Waals surface area contributed by atoms with Crippen LogP contribution in [0.5, 0.6) is 0 Å². The van der Waals surface area contributed by atoms with Gasteiger partial charge in [-0.15, -0.1) is 0 Å². The third-order valence-corrected chi connectivity index (χ3v) is 2.15. The molecule has 0 radical (unpaired) electrons. The molecule has 0 fully saturated rings. The molecule has 0 saturated carbocycles. The van der Waals surface area contributed by atoms with E-state index in [4.69, 9.17) is 10.8 Å². The van der Waals surface area contributed by atoms with Gasteiger partial charge in [0, 0.05) is 12.5 Å². The molecular formula is C11H15NO2. The van der Waals surface area contributed by atoms with Crippen molar-refractivity contribution in [3.8, 4) is 0 Å². The Kier molecular flexibility index (Phi) is 3.65. The lowest BCUT2D eigenvalue weighted by Crippen LogP contribution is -2.09. The SMILES string of the molecule is CC(N)c1ccccc1CCC(=O)O. The monoisotopic (exact) mass is 193 g/mol. The van der Waals surface area contributed by atoms with Gasteiger partial charge in [-0.05, 0) is 24.5 Å². The van der Waals surface area contributed by atoms with Crippen molar-refractivity contribution in [3.63, 3.8) is 0 Å². The van der Waals surface area contributed by atoms with Gasteiger partial charge in [0.05, 0.1) is 0 Å². The van der Waals surface area contributed by atoms with E-state index < -0.39 is 5.97 Å². The van der Waals surface area contributed by atoms with Crippen LogP contribution in [-0.4, -0.2) is 11.1 Å². The fraction of sp³-hybridized carbons (Fsp3) is 0.364. The molecule has 1 aromatic carbocycles. The topological polar surface area (TPSA) is 63.3 Å². The van der Waals surface area contributed by atoms with E-state index in [0.717, 1.165) is 11.1 Å². The van der Waals surface area contributed by atoms with Crippen LogP contribution in [-0.2, 0) is 11.2 Å². The van der Waals surface area contributed by atoms with Crippen molar-refractivity contribution in [3.05, 3.63) is 35.4 Å². The predicted octanol–water partition coefficient (Wildman–Crippen LogP) is 1.72. The zero-order chi connectivity index (χ0) is 10.6. The van der Waals surface area contributed by atoms with Gasteiger partial charge in [-0.3, -0.25) is 4.79 Å². The second-order valence-electron chi connectivity index (χ2n) is 3.38. The van der Waals surface area contributed by atoms with E-state index in [1.54, 1.807) is 0 Å². The van der Waals surface area contributed by atoms with Gasteiger partial charge < -0.3 is 10.8 Å². The summed E-state index contributed by atoms with van der Waals surface area (Å²) in [6, 6.07) is 7.66. The van der Waals surface area contributed by atoms with E-state index in [2.05, 4.69) is 0 Å². The van der Waals surface area contributed by atoms with Crippen LogP contribution in [0.25, 0.3) is 0 Å². The molecule has 3 N–H and O–H groups in total. The van der Waals surface area contributed by atoms with Crippen molar-refractivity contribution in [1.29, 1.82) is 0 Å². The Morgan fingerprint density at radius 3 is 2.71 bits per heavy atom. The molecule has 0 bridgehead atoms. The first-order valence-corrected chi connectivity index (χ1v) is 4.66. The van der Waals surface area contributed by atoms with Crippen LogP contribution in [0.2, 0.25) is 0 Å². The van der Waals surface area contributed by atoms with Gasteiger partial charge in [0.25, 0.3) is 0 Å². The third-order valence-electron chi connectivity index (χ3n) is 2.15. The third kappa shape index (κ3) is 2.85. The fourth-order valence-corrected chi connectivity index (χ4v) is 1.45. The van der Waals surface area contributed by atoms with E-state index >= 15 is 0 Å². The first-order valence-electron chi connectivity index (χ1n) is 4.66. The second-order valence-corrected chi connectivity index (χ2v) is 3.38. The van der Waals surface area contributed by atoms with Crippen molar-refractivity contribution < 1.29 is 9.90 Å². The Bertz CT molecular complexity index is 321. The lowest BCUT2D eigenvalue weighted by molar-refractivity contribution is -0.136. The second kappa shape index (κ2) is 4.77. The molecule has 0 aliphatic rings. The van der Waals surface area contributed by atoms with E-state index in [-0.39, 0.29) is 12.5 Å². The van der Waals surface area contributed by atoms with Crippen LogP contribution in [0.1, 0.15) is 30.5 Å². The van der Waals surface area contributed by atoms with Crippen LogP contribution in [0, 0.1) is 0 Å². The number of carbonyl (C=O) groups is 1. The molecule has 3 heteroatoms. The maximum absolute atomic E-state index is 10.4. The van der Waals surface area contributed by atoms with Gasteiger partial charge in [0.15, 0.2) is 0 Å². The largest absolute Gasteiger partial charge is 0.481 e. The Labute approximate surface area is 83.6 Å². The number of carboxylic acids is 1. The number of aryl methyl sites for hydroxylation is 1. The molecule has 1 rings (SSSR count). The minimum Gasteiger partial charge on any atom is -0.481 e. The van der Waals surface area contributed by atoms with Gasteiger partial charge in [0.2, 0.25) is 0 Å². The Hall–Kier alpha value is -1.35. The summed E-state index contributed by atoms with van der Waals surface area (Å²) in [5.41, 5.74) is 7.84. The molecule has 0 aliphatic heterocycles. The van der Waals surface area contributed by atoms with Crippen LogP contribution in [0.4, 0.5) is 0 Å². The first kappa shape index (κ1) is 10.7. The summed E-state index contributed by atoms with van der Waals surface area (Å²) in [6.45, 7) is 1.90. The number of hydrogen-bond acceptors (Lipinski definition) is 2. The Morgan fingerprint density at radius 2 is 2.14 bits per heavy atom. The summed E-state index contributed by atoms with van der Waals surface area (Å²) in [7, 11) is 0. The molecule has 76 valence electrons. The quantitative estimate of drug-likeness (QED) is 0.765. The average molecular weight is 193 g/mol. The number of carboxylic acid groups (broad SMARTS) is 1. The van der Waals surface area contributed by atoms with Gasteiger partial charge in [-0.1, -0.05) is 24.3 Å². The summed E-state index contributed by atoms with van der Waals surface area (Å²) in [5, 5.41) is 8.57. The van der Waals surface area contributed by atoms with E-state index in [9.17, 15) is 4.79 Å². The van der Waals surface area contributed by atoms with Crippen LogP contribution >= 0.6 is 0 Å². The minimum atomic E-state index is -0.774. The van der Waals surface area contributed by atoms with Crippen LogP contribution in [0.15, 0.2) is 24.3 Å². The number of aliphatic carboxylic acids is 1. The highest BCUT2D eigenvalue weighted by Gasteiger charge is 2.07. The average Bonchev–Trinajstić information content (AvgIpc) is 2.15. The minimum absolute atomic E-state index is 0.0417. The Balaban J connectivity index is 2.79. The number of benzene rings is 1. The normalized spacial score (nSPS) is 12.4. The predicted molar refractivity (Wildman–Crippen MR) is 55.0 cm³/mol. The van der Waals surface area contributed by atoms with Gasteiger partial charge in [-0.25, -0.2) is 0 Å². The van der Waals surface area contributed by atoms with Crippen LogP contribution in [0.3, 0.4) is 0 Å². The van der Waals surface area contributed by atoms with E-state index in [1.165, 1.54) is 0 Å². The maximum Gasteiger partial charge on any atom is 0.303 e. The lowest BCUT2D eigenvalue weighted by Gasteiger charge is -2.11. The summed E-state index contributed by atoms with van der Waals surface area (Å²) < 4.78 is 0. The highest BCUT2D eigenvalue weighted by atomic mass is 16.4. The summed E-state index contributed by atoms with van der Waals surface area (Å²) >= 11 is 0. The summed E-state index contributed by atoms with van der Waals surface area (Å²) in [5.74, 6) is -0.774. The van der Waals surface area contributed by atoms with Crippen LogP contribution < -0.4 is 5.73 Å². The molecule has 0 aromatic heterocycles. The highest BCUT2D eigenvalue weighted by Crippen LogP contribution is 2.16. The van der Waals surface area contributed by atoms with Crippen molar-refractivity contribution in [1.82, 2.24) is 0 Å². The van der Waals surface area contributed by atoms with Gasteiger partial charge in [0.1, 0.15) is 0 Å². The standard InChI is InChI=1S/C11H15NO2/c1-8(12)10-5-3-2-4-9(10)6-7-11(13)14/h2-5,8H,6-7,12H2,1H3,(H,13,14). The van der Waals surface area contributed by atoms with Gasteiger partial charge in [-0.2, -0.15) is 0 Å². The Morgan fingerprint density at radius 1 is 1.50 bits per heavy atom. The summed E-state index contributed by atoms with van der Waals surface area (Å²) in [4.78, 5) is 10.4. The molecule has 0 aliphatic carbocycles. The lowest BCUT2D eigenvalue weighted by atomic mass is 9.98. The number of rotatable bonds is 4.